The van der Waals surface area contributed by atoms with E-state index in [9.17, 15) is 13.2 Å². The summed E-state index contributed by atoms with van der Waals surface area (Å²) < 4.78 is 25.2. The molecule has 2 atom stereocenters. The topological polar surface area (TPSA) is 72.3 Å². The van der Waals surface area contributed by atoms with Gasteiger partial charge in [0.2, 0.25) is 5.91 Å². The standard InChI is InChI=1S/C16H21N3O3S2/c1-11(15(20)18(2)12-8-9-24(21,22)10-12)23-16-17-13-6-4-5-7-14(13)19(16)3/h4-7,11-12H,8-10H2,1-3H3/t11-,12-/m0/s1. The van der Waals surface area contributed by atoms with Crippen LogP contribution in [0.1, 0.15) is 13.3 Å². The number of carbonyl (C=O) groups is 1. The average Bonchev–Trinajstić information content (AvgIpc) is 3.06. The molecule has 0 N–H and O–H groups in total. The van der Waals surface area contributed by atoms with Crippen LogP contribution in [0.15, 0.2) is 29.4 Å². The van der Waals surface area contributed by atoms with Gasteiger partial charge in [0.25, 0.3) is 0 Å². The summed E-state index contributed by atoms with van der Waals surface area (Å²) in [5.41, 5.74) is 1.92. The molecular formula is C16H21N3O3S2. The summed E-state index contributed by atoms with van der Waals surface area (Å²) in [5.74, 6) is 0.176. The quantitative estimate of drug-likeness (QED) is 0.769. The maximum Gasteiger partial charge on any atom is 0.235 e. The Kier molecular flexibility index (Phi) is 4.61. The molecule has 1 aromatic carbocycles. The predicted molar refractivity (Wildman–Crippen MR) is 95.9 cm³/mol. The summed E-state index contributed by atoms with van der Waals surface area (Å²) in [6.45, 7) is 1.84. The van der Waals surface area contributed by atoms with Crippen LogP contribution in [0.5, 0.6) is 0 Å². The number of hydrogen-bond donors (Lipinski definition) is 0. The Labute approximate surface area is 146 Å². The normalized spacial score (nSPS) is 21.0. The van der Waals surface area contributed by atoms with E-state index in [1.54, 1.807) is 11.9 Å². The molecule has 1 amide bonds. The van der Waals surface area contributed by atoms with Gasteiger partial charge in [-0.05, 0) is 25.5 Å². The number of aromatic nitrogens is 2. The van der Waals surface area contributed by atoms with Crippen LogP contribution in [0.4, 0.5) is 0 Å². The zero-order chi connectivity index (χ0) is 17.5. The highest BCUT2D eigenvalue weighted by atomic mass is 32.2. The number of benzene rings is 1. The second-order valence-corrected chi connectivity index (χ2v) is 9.74. The highest BCUT2D eigenvalue weighted by Crippen LogP contribution is 2.28. The van der Waals surface area contributed by atoms with Crippen molar-refractivity contribution in [3.8, 4) is 0 Å². The molecule has 0 saturated carbocycles. The van der Waals surface area contributed by atoms with Gasteiger partial charge in [0.15, 0.2) is 15.0 Å². The molecule has 1 aliphatic rings. The van der Waals surface area contributed by atoms with E-state index in [4.69, 9.17) is 0 Å². The number of aryl methyl sites for hydroxylation is 1. The lowest BCUT2D eigenvalue weighted by molar-refractivity contribution is -0.130. The van der Waals surface area contributed by atoms with Crippen molar-refractivity contribution in [3.63, 3.8) is 0 Å². The molecule has 1 aromatic heterocycles. The molecular weight excluding hydrogens is 346 g/mol. The lowest BCUT2D eigenvalue weighted by atomic mass is 10.2. The Bertz CT molecular complexity index is 876. The van der Waals surface area contributed by atoms with Gasteiger partial charge in [-0.25, -0.2) is 13.4 Å². The zero-order valence-electron chi connectivity index (χ0n) is 14.0. The number of rotatable bonds is 4. The van der Waals surface area contributed by atoms with E-state index in [-0.39, 0.29) is 28.7 Å². The Morgan fingerprint density at radius 1 is 1.42 bits per heavy atom. The number of hydrogen-bond acceptors (Lipinski definition) is 5. The van der Waals surface area contributed by atoms with E-state index in [0.717, 1.165) is 16.2 Å². The van der Waals surface area contributed by atoms with Gasteiger partial charge in [0, 0.05) is 20.1 Å². The highest BCUT2D eigenvalue weighted by Gasteiger charge is 2.34. The second-order valence-electron chi connectivity index (χ2n) is 6.21. The molecule has 0 aliphatic carbocycles. The van der Waals surface area contributed by atoms with Crippen LogP contribution in [0, 0.1) is 0 Å². The lowest BCUT2D eigenvalue weighted by Gasteiger charge is -2.26. The summed E-state index contributed by atoms with van der Waals surface area (Å²) in [6.07, 6.45) is 0.522. The summed E-state index contributed by atoms with van der Waals surface area (Å²) >= 11 is 1.40. The third-order valence-corrected chi connectivity index (χ3v) is 7.36. The van der Waals surface area contributed by atoms with Crippen molar-refractivity contribution in [1.29, 1.82) is 0 Å². The monoisotopic (exact) mass is 367 g/mol. The van der Waals surface area contributed by atoms with E-state index in [1.165, 1.54) is 11.8 Å². The zero-order valence-corrected chi connectivity index (χ0v) is 15.6. The Hall–Kier alpha value is -1.54. The minimum Gasteiger partial charge on any atom is -0.341 e. The molecule has 0 radical (unpaired) electrons. The minimum atomic E-state index is -3.00. The summed E-state index contributed by atoms with van der Waals surface area (Å²) in [5, 5.41) is 0.457. The SMILES string of the molecule is C[C@H](Sc1nc2ccccc2n1C)C(=O)N(C)[C@H]1CCS(=O)(=O)C1. The molecule has 2 aromatic rings. The van der Waals surface area contributed by atoms with Gasteiger partial charge in [-0.2, -0.15) is 0 Å². The molecule has 0 spiro atoms. The van der Waals surface area contributed by atoms with Crippen molar-refractivity contribution in [3.05, 3.63) is 24.3 Å². The minimum absolute atomic E-state index is 0.0610. The number of carbonyl (C=O) groups excluding carboxylic acids is 1. The summed E-state index contributed by atoms with van der Waals surface area (Å²) in [4.78, 5) is 18.8. The van der Waals surface area contributed by atoms with Crippen molar-refractivity contribution < 1.29 is 13.2 Å². The number of sulfone groups is 1. The van der Waals surface area contributed by atoms with Gasteiger partial charge in [-0.3, -0.25) is 4.79 Å². The number of para-hydroxylation sites is 2. The van der Waals surface area contributed by atoms with Crippen molar-refractivity contribution in [2.75, 3.05) is 18.6 Å². The molecule has 3 rings (SSSR count). The van der Waals surface area contributed by atoms with Crippen molar-refractivity contribution in [2.45, 2.75) is 29.8 Å². The van der Waals surface area contributed by atoms with Crippen LogP contribution in [0.2, 0.25) is 0 Å². The first-order valence-corrected chi connectivity index (χ1v) is 10.5. The largest absolute Gasteiger partial charge is 0.341 e. The van der Waals surface area contributed by atoms with Gasteiger partial charge in [-0.1, -0.05) is 23.9 Å². The van der Waals surface area contributed by atoms with Crippen molar-refractivity contribution >= 4 is 38.5 Å². The molecule has 24 heavy (non-hydrogen) atoms. The fourth-order valence-electron chi connectivity index (χ4n) is 2.98. The molecule has 1 saturated heterocycles. The van der Waals surface area contributed by atoms with Gasteiger partial charge < -0.3 is 9.47 Å². The third-order valence-electron chi connectivity index (χ3n) is 4.48. The van der Waals surface area contributed by atoms with E-state index in [2.05, 4.69) is 4.98 Å². The van der Waals surface area contributed by atoms with Crippen molar-refractivity contribution in [2.24, 2.45) is 7.05 Å². The Morgan fingerprint density at radius 3 is 2.75 bits per heavy atom. The van der Waals surface area contributed by atoms with Crippen LogP contribution in [-0.2, 0) is 21.7 Å². The first-order valence-electron chi connectivity index (χ1n) is 7.84. The van der Waals surface area contributed by atoms with Crippen LogP contribution in [-0.4, -0.2) is 58.6 Å². The Morgan fingerprint density at radius 2 is 2.12 bits per heavy atom. The van der Waals surface area contributed by atoms with Gasteiger partial charge in [-0.15, -0.1) is 0 Å². The number of nitrogens with zero attached hydrogens (tertiary/aromatic N) is 3. The van der Waals surface area contributed by atoms with E-state index >= 15 is 0 Å². The molecule has 0 bridgehead atoms. The van der Waals surface area contributed by atoms with Gasteiger partial charge in [0.05, 0.1) is 27.8 Å². The molecule has 1 aliphatic heterocycles. The van der Waals surface area contributed by atoms with E-state index in [1.807, 2.05) is 42.8 Å². The third kappa shape index (κ3) is 3.30. The van der Waals surface area contributed by atoms with Gasteiger partial charge in [0.1, 0.15) is 0 Å². The van der Waals surface area contributed by atoms with Gasteiger partial charge >= 0.3 is 0 Å². The average molecular weight is 367 g/mol. The fraction of sp³-hybridized carbons (Fsp3) is 0.500. The summed E-state index contributed by atoms with van der Waals surface area (Å²) in [6, 6.07) is 7.62. The molecule has 0 unspecified atom stereocenters. The maximum atomic E-state index is 12.6. The molecule has 130 valence electrons. The molecule has 6 nitrogen and oxygen atoms in total. The number of amides is 1. The first-order chi connectivity index (χ1) is 11.3. The highest BCUT2D eigenvalue weighted by molar-refractivity contribution is 8.00. The Balaban J connectivity index is 1.72. The molecule has 2 heterocycles. The van der Waals surface area contributed by atoms with Crippen molar-refractivity contribution in [1.82, 2.24) is 14.5 Å². The van der Waals surface area contributed by atoms with Crippen LogP contribution < -0.4 is 0 Å². The predicted octanol–water partition coefficient (Wildman–Crippen LogP) is 1.70. The maximum absolute atomic E-state index is 12.6. The number of fused-ring (bicyclic) bond motifs is 1. The van der Waals surface area contributed by atoms with E-state index in [0.29, 0.717) is 6.42 Å². The van der Waals surface area contributed by atoms with Crippen LogP contribution in [0.3, 0.4) is 0 Å². The fourth-order valence-corrected chi connectivity index (χ4v) is 5.75. The molecule has 1 fully saturated rings. The number of thioether (sulfide) groups is 1. The first kappa shape index (κ1) is 17.3. The lowest BCUT2D eigenvalue weighted by Crippen LogP contribution is -2.41. The van der Waals surface area contributed by atoms with Crippen LogP contribution in [0.25, 0.3) is 11.0 Å². The summed E-state index contributed by atoms with van der Waals surface area (Å²) in [7, 11) is 0.627. The number of imidazole rings is 1. The smallest absolute Gasteiger partial charge is 0.235 e. The second kappa shape index (κ2) is 6.40. The molecule has 8 heteroatoms. The van der Waals surface area contributed by atoms with E-state index < -0.39 is 9.84 Å². The van der Waals surface area contributed by atoms with Crippen LogP contribution >= 0.6 is 11.8 Å².